The van der Waals surface area contributed by atoms with Crippen molar-refractivity contribution in [3.8, 4) is 0 Å². The molecule has 13 heavy (non-hydrogen) atoms. The highest BCUT2D eigenvalue weighted by Crippen LogP contribution is 2.44. The molecule has 0 radical (unpaired) electrons. The molecule has 0 aromatic heterocycles. The van der Waals surface area contributed by atoms with E-state index in [4.69, 9.17) is 9.36 Å². The van der Waals surface area contributed by atoms with E-state index in [1.54, 1.807) is 6.66 Å². The van der Waals surface area contributed by atoms with Crippen LogP contribution in [0.1, 0.15) is 13.3 Å². The Hall–Kier alpha value is 0.140. The predicted molar refractivity (Wildman–Crippen MR) is 55.9 cm³/mol. The van der Waals surface area contributed by atoms with E-state index in [0.29, 0.717) is 19.2 Å². The molecule has 0 spiro atoms. The molecule has 0 fully saturated rings. The number of hydrogen-bond acceptors (Lipinski definition) is 4. The van der Waals surface area contributed by atoms with Crippen molar-refractivity contribution < 1.29 is 13.9 Å². The van der Waals surface area contributed by atoms with Crippen LogP contribution < -0.4 is 0 Å². The summed E-state index contributed by atoms with van der Waals surface area (Å²) < 4.78 is 17.6. The third kappa shape index (κ3) is 3.79. The number of rotatable bonds is 4. The molecule has 0 bridgehead atoms. The SMILES string of the molecule is CCOP(C)(=O)CC1CC(Br)=NO1. The number of halogens is 1. The van der Waals surface area contributed by atoms with Gasteiger partial charge in [-0.15, -0.1) is 0 Å². The zero-order valence-electron chi connectivity index (χ0n) is 7.70. The van der Waals surface area contributed by atoms with Crippen LogP contribution in [0.3, 0.4) is 0 Å². The second-order valence-electron chi connectivity index (χ2n) is 3.01. The molecule has 1 aliphatic heterocycles. The van der Waals surface area contributed by atoms with Gasteiger partial charge in [0.05, 0.1) is 12.8 Å². The lowest BCUT2D eigenvalue weighted by Crippen LogP contribution is -2.13. The summed E-state index contributed by atoms with van der Waals surface area (Å²) in [6.45, 7) is 3.94. The lowest BCUT2D eigenvalue weighted by Gasteiger charge is -2.15. The summed E-state index contributed by atoms with van der Waals surface area (Å²) in [4.78, 5) is 5.04. The Morgan fingerprint density at radius 1 is 1.85 bits per heavy atom. The zero-order valence-corrected chi connectivity index (χ0v) is 10.2. The van der Waals surface area contributed by atoms with Crippen molar-refractivity contribution in [2.24, 2.45) is 5.16 Å². The molecular formula is C7H13BrNO3P. The fraction of sp³-hybridized carbons (Fsp3) is 0.857. The Labute approximate surface area is 86.2 Å². The van der Waals surface area contributed by atoms with Crippen LogP contribution in [0.5, 0.6) is 0 Å². The monoisotopic (exact) mass is 269 g/mol. The van der Waals surface area contributed by atoms with Gasteiger partial charge in [-0.2, -0.15) is 0 Å². The van der Waals surface area contributed by atoms with E-state index in [9.17, 15) is 4.57 Å². The second kappa shape index (κ2) is 4.58. The molecule has 76 valence electrons. The van der Waals surface area contributed by atoms with Gasteiger partial charge in [-0.1, -0.05) is 5.16 Å². The van der Waals surface area contributed by atoms with Crippen molar-refractivity contribution in [1.29, 1.82) is 0 Å². The fourth-order valence-electron chi connectivity index (χ4n) is 1.19. The number of nitrogens with zero attached hydrogens (tertiary/aromatic N) is 1. The Kier molecular flexibility index (Phi) is 3.95. The molecular weight excluding hydrogens is 257 g/mol. The maximum absolute atomic E-state index is 11.7. The first kappa shape index (κ1) is 11.2. The summed E-state index contributed by atoms with van der Waals surface area (Å²) in [7, 11) is -2.49. The molecule has 0 aliphatic carbocycles. The smallest absolute Gasteiger partial charge is 0.203 e. The van der Waals surface area contributed by atoms with Crippen LogP contribution in [0.25, 0.3) is 0 Å². The van der Waals surface area contributed by atoms with E-state index in [1.807, 2.05) is 6.92 Å². The molecule has 1 heterocycles. The average molecular weight is 270 g/mol. The third-order valence-electron chi connectivity index (χ3n) is 1.63. The Bertz CT molecular complexity index is 256. The van der Waals surface area contributed by atoms with Gasteiger partial charge in [-0.25, -0.2) is 0 Å². The molecule has 2 atom stereocenters. The van der Waals surface area contributed by atoms with Gasteiger partial charge >= 0.3 is 0 Å². The van der Waals surface area contributed by atoms with E-state index < -0.39 is 7.37 Å². The van der Waals surface area contributed by atoms with Crippen LogP contribution in [0.4, 0.5) is 0 Å². The molecule has 0 saturated carbocycles. The first-order valence-corrected chi connectivity index (χ1v) is 7.18. The van der Waals surface area contributed by atoms with E-state index in [2.05, 4.69) is 21.1 Å². The van der Waals surface area contributed by atoms with Gasteiger partial charge < -0.3 is 9.36 Å². The van der Waals surface area contributed by atoms with Crippen molar-refractivity contribution in [2.75, 3.05) is 19.4 Å². The Morgan fingerprint density at radius 2 is 2.54 bits per heavy atom. The average Bonchev–Trinajstić information content (AvgIpc) is 2.34. The molecule has 1 aliphatic rings. The first-order valence-electron chi connectivity index (χ1n) is 4.13. The van der Waals surface area contributed by atoms with E-state index >= 15 is 0 Å². The van der Waals surface area contributed by atoms with Crippen molar-refractivity contribution in [1.82, 2.24) is 0 Å². The van der Waals surface area contributed by atoms with Crippen LogP contribution in [-0.2, 0) is 13.9 Å². The van der Waals surface area contributed by atoms with Gasteiger partial charge in [0.2, 0.25) is 7.37 Å². The zero-order chi connectivity index (χ0) is 9.90. The third-order valence-corrected chi connectivity index (χ3v) is 3.98. The first-order chi connectivity index (χ1) is 6.03. The second-order valence-corrected chi connectivity index (χ2v) is 6.58. The highest BCUT2D eigenvalue weighted by molar-refractivity contribution is 9.18. The number of hydrogen-bond donors (Lipinski definition) is 0. The minimum atomic E-state index is -2.49. The van der Waals surface area contributed by atoms with Gasteiger partial charge in [0.1, 0.15) is 10.7 Å². The van der Waals surface area contributed by atoms with Crippen LogP contribution in [0.15, 0.2) is 5.16 Å². The van der Waals surface area contributed by atoms with Crippen molar-refractivity contribution in [3.63, 3.8) is 0 Å². The summed E-state index contributed by atoms with van der Waals surface area (Å²) in [5.41, 5.74) is 0. The fourth-order valence-corrected chi connectivity index (χ4v) is 3.22. The normalized spacial score (nSPS) is 26.4. The summed E-state index contributed by atoms with van der Waals surface area (Å²) in [5.74, 6) is 0. The molecule has 6 heteroatoms. The van der Waals surface area contributed by atoms with Crippen molar-refractivity contribution >= 4 is 27.9 Å². The summed E-state index contributed by atoms with van der Waals surface area (Å²) in [5, 5.41) is 3.72. The van der Waals surface area contributed by atoms with E-state index in [1.165, 1.54) is 0 Å². The minimum Gasteiger partial charge on any atom is -0.391 e. The van der Waals surface area contributed by atoms with Crippen LogP contribution in [-0.4, -0.2) is 30.2 Å². The molecule has 0 saturated heterocycles. The standard InChI is InChI=1S/C7H13BrNO3P/c1-3-11-13(2,10)5-6-4-7(8)9-12-6/h6H,3-5H2,1-2H3. The van der Waals surface area contributed by atoms with Gasteiger partial charge in [0.15, 0.2) is 0 Å². The van der Waals surface area contributed by atoms with Crippen molar-refractivity contribution in [3.05, 3.63) is 0 Å². The topological polar surface area (TPSA) is 47.9 Å². The van der Waals surface area contributed by atoms with Crippen molar-refractivity contribution in [2.45, 2.75) is 19.4 Å². The number of oxime groups is 1. The van der Waals surface area contributed by atoms with Gasteiger partial charge in [0.25, 0.3) is 0 Å². The Morgan fingerprint density at radius 3 is 3.00 bits per heavy atom. The highest BCUT2D eigenvalue weighted by atomic mass is 79.9. The lowest BCUT2D eigenvalue weighted by molar-refractivity contribution is 0.0991. The summed E-state index contributed by atoms with van der Waals surface area (Å²) >= 11 is 3.22. The van der Waals surface area contributed by atoms with Crippen LogP contribution in [0.2, 0.25) is 0 Å². The molecule has 1 rings (SSSR count). The molecule has 4 nitrogen and oxygen atoms in total. The highest BCUT2D eigenvalue weighted by Gasteiger charge is 2.27. The minimum absolute atomic E-state index is 0.100. The predicted octanol–water partition coefficient (Wildman–Crippen LogP) is 2.43. The van der Waals surface area contributed by atoms with Crippen LogP contribution in [0, 0.1) is 0 Å². The largest absolute Gasteiger partial charge is 0.391 e. The van der Waals surface area contributed by atoms with E-state index in [-0.39, 0.29) is 6.10 Å². The summed E-state index contributed by atoms with van der Waals surface area (Å²) in [6.07, 6.45) is 1.02. The summed E-state index contributed by atoms with van der Waals surface area (Å²) in [6, 6.07) is 0. The molecule has 2 unspecified atom stereocenters. The molecule has 0 aromatic carbocycles. The maximum Gasteiger partial charge on any atom is 0.203 e. The molecule has 0 amide bonds. The van der Waals surface area contributed by atoms with Gasteiger partial charge in [0, 0.05) is 13.1 Å². The maximum atomic E-state index is 11.7. The lowest BCUT2D eigenvalue weighted by atomic mass is 10.3. The van der Waals surface area contributed by atoms with Crippen LogP contribution >= 0.6 is 23.3 Å². The van der Waals surface area contributed by atoms with Gasteiger partial charge in [-0.3, -0.25) is 4.57 Å². The quantitative estimate of drug-likeness (QED) is 0.737. The Balaban J connectivity index is 2.37. The van der Waals surface area contributed by atoms with Gasteiger partial charge in [-0.05, 0) is 22.9 Å². The molecule has 0 aromatic rings. The molecule has 0 N–H and O–H groups in total. The van der Waals surface area contributed by atoms with E-state index in [0.717, 1.165) is 4.62 Å².